The fraction of sp³-hybridized carbons (Fsp3) is 0.333. The van der Waals surface area contributed by atoms with E-state index in [4.69, 9.17) is 0 Å². The van der Waals surface area contributed by atoms with Crippen LogP contribution in [-0.4, -0.2) is 18.6 Å². The van der Waals surface area contributed by atoms with Crippen molar-refractivity contribution in [3.63, 3.8) is 0 Å². The van der Waals surface area contributed by atoms with Gasteiger partial charge in [-0.3, -0.25) is 4.79 Å². The van der Waals surface area contributed by atoms with Gasteiger partial charge in [0.1, 0.15) is 6.29 Å². The Morgan fingerprint density at radius 1 is 1.33 bits per heavy atom. The Hall–Kier alpha value is -1.90. The Kier molecular flexibility index (Phi) is 5.85. The second kappa shape index (κ2) is 7.43. The Morgan fingerprint density at radius 3 is 2.50 bits per heavy atom. The van der Waals surface area contributed by atoms with Crippen LogP contribution in [-0.2, 0) is 4.79 Å². The summed E-state index contributed by atoms with van der Waals surface area (Å²) in [6.45, 7) is 4.26. The minimum absolute atomic E-state index is 0.0427. The van der Waals surface area contributed by atoms with Gasteiger partial charge in [0, 0.05) is 18.0 Å². The maximum Gasteiger partial charge on any atom is 0.208 e. The second-order valence-corrected chi connectivity index (χ2v) is 4.08. The van der Waals surface area contributed by atoms with Crippen LogP contribution in [0.2, 0.25) is 0 Å². The van der Waals surface area contributed by atoms with Crippen LogP contribution in [0.25, 0.3) is 0 Å². The topological polar surface area (TPSA) is 46.2 Å². The van der Waals surface area contributed by atoms with E-state index < -0.39 is 0 Å². The van der Waals surface area contributed by atoms with Crippen molar-refractivity contribution in [1.29, 1.82) is 0 Å². The zero-order chi connectivity index (χ0) is 13.4. The fourth-order valence-electron chi connectivity index (χ4n) is 1.59. The summed E-state index contributed by atoms with van der Waals surface area (Å²) in [7, 11) is 0. The minimum atomic E-state index is -0.0523. The van der Waals surface area contributed by atoms with Gasteiger partial charge in [0.05, 0.1) is 5.70 Å². The predicted molar refractivity (Wildman–Crippen MR) is 72.4 cm³/mol. The Balaban J connectivity index is 2.68. The van der Waals surface area contributed by atoms with Gasteiger partial charge in [0.2, 0.25) is 5.78 Å². The molecule has 0 bridgehead atoms. The fourth-order valence-corrected chi connectivity index (χ4v) is 1.59. The summed E-state index contributed by atoms with van der Waals surface area (Å²) in [5, 5.41) is 3.05. The molecule has 0 aliphatic heterocycles. The molecule has 0 unspecified atom stereocenters. The van der Waals surface area contributed by atoms with Crippen LogP contribution in [0.3, 0.4) is 0 Å². The summed E-state index contributed by atoms with van der Waals surface area (Å²) >= 11 is 0. The number of nitrogens with one attached hydrogen (secondary N) is 1. The summed E-state index contributed by atoms with van der Waals surface area (Å²) in [5.74, 6) is -0.0950. The molecular formula is C15H19NO2. The van der Waals surface area contributed by atoms with Gasteiger partial charge in [0.15, 0.2) is 0 Å². The summed E-state index contributed by atoms with van der Waals surface area (Å²) in [6, 6.07) is 9.11. The van der Waals surface area contributed by atoms with E-state index in [1.54, 1.807) is 18.2 Å². The Bertz CT molecular complexity index is 423. The molecular weight excluding hydrogens is 226 g/mol. The maximum atomic E-state index is 12.1. The third-order valence-electron chi connectivity index (χ3n) is 2.84. The number of Topliss-reactive ketones (excluding diaryl/α,β-unsaturated/α-hetero) is 1. The van der Waals surface area contributed by atoms with E-state index in [1.165, 1.54) is 0 Å². The number of benzene rings is 1. The molecule has 3 heteroatoms. The zero-order valence-corrected chi connectivity index (χ0v) is 10.8. The normalized spacial score (nSPS) is 12.9. The highest BCUT2D eigenvalue weighted by Crippen LogP contribution is 2.07. The van der Waals surface area contributed by atoms with Crippen molar-refractivity contribution in [2.24, 2.45) is 5.92 Å². The number of hydrogen-bond donors (Lipinski definition) is 1. The minimum Gasteiger partial charge on any atom is -0.381 e. The van der Waals surface area contributed by atoms with Crippen LogP contribution in [0.5, 0.6) is 0 Å². The number of carbonyl (C=O) groups is 2. The number of ketones is 1. The van der Waals surface area contributed by atoms with E-state index in [-0.39, 0.29) is 11.7 Å². The summed E-state index contributed by atoms with van der Waals surface area (Å²) in [4.78, 5) is 22.9. The van der Waals surface area contributed by atoms with Gasteiger partial charge in [-0.2, -0.15) is 0 Å². The van der Waals surface area contributed by atoms with Gasteiger partial charge >= 0.3 is 0 Å². The average Bonchev–Trinajstić information content (AvgIpc) is 2.44. The summed E-state index contributed by atoms with van der Waals surface area (Å²) < 4.78 is 0. The first-order valence-corrected chi connectivity index (χ1v) is 6.18. The molecule has 1 aromatic carbocycles. The third-order valence-corrected chi connectivity index (χ3v) is 2.84. The lowest BCUT2D eigenvalue weighted by Gasteiger charge is -2.12. The molecule has 0 heterocycles. The molecule has 0 aliphatic carbocycles. The van der Waals surface area contributed by atoms with Gasteiger partial charge < -0.3 is 10.1 Å². The first-order chi connectivity index (χ1) is 8.72. The molecule has 0 aliphatic rings. The monoisotopic (exact) mass is 245 g/mol. The van der Waals surface area contributed by atoms with Crippen molar-refractivity contribution in [3.05, 3.63) is 47.7 Å². The molecule has 1 N–H and O–H groups in total. The van der Waals surface area contributed by atoms with Crippen LogP contribution in [0, 0.1) is 5.92 Å². The van der Waals surface area contributed by atoms with E-state index in [0.29, 0.717) is 17.8 Å². The molecule has 0 saturated carbocycles. The molecule has 96 valence electrons. The van der Waals surface area contributed by atoms with Crippen molar-refractivity contribution >= 4 is 12.1 Å². The van der Waals surface area contributed by atoms with E-state index in [1.807, 2.05) is 32.0 Å². The SMILES string of the molecule is C/C=C(\NC[C@H](C=O)CC)C(=O)c1ccccc1. The highest BCUT2D eigenvalue weighted by atomic mass is 16.1. The quantitative estimate of drug-likeness (QED) is 0.456. The molecule has 0 fully saturated rings. The summed E-state index contributed by atoms with van der Waals surface area (Å²) in [6.07, 6.45) is 3.44. The number of allylic oxidation sites excluding steroid dienone is 2. The lowest BCUT2D eigenvalue weighted by atomic mass is 10.1. The molecule has 0 aromatic heterocycles. The van der Waals surface area contributed by atoms with Gasteiger partial charge in [-0.05, 0) is 13.3 Å². The number of carbonyl (C=O) groups excluding carboxylic acids is 2. The Morgan fingerprint density at radius 2 is 2.00 bits per heavy atom. The molecule has 18 heavy (non-hydrogen) atoms. The first-order valence-electron chi connectivity index (χ1n) is 6.18. The second-order valence-electron chi connectivity index (χ2n) is 4.08. The van der Waals surface area contributed by atoms with Gasteiger partial charge in [0.25, 0.3) is 0 Å². The van der Waals surface area contributed by atoms with Crippen molar-refractivity contribution in [2.75, 3.05) is 6.54 Å². The first kappa shape index (κ1) is 14.2. The standard InChI is InChI=1S/C15H19NO2/c1-3-12(11-17)10-16-14(4-2)15(18)13-8-6-5-7-9-13/h4-9,11-12,16H,3,10H2,1-2H3/b14-4-/t12-/m1/s1. The predicted octanol–water partition coefficient (Wildman–Crippen LogP) is 2.59. The lowest BCUT2D eigenvalue weighted by Crippen LogP contribution is -2.27. The Labute approximate surface area is 108 Å². The third kappa shape index (κ3) is 3.84. The number of aldehydes is 1. The largest absolute Gasteiger partial charge is 0.381 e. The van der Waals surface area contributed by atoms with Crippen LogP contribution in [0.4, 0.5) is 0 Å². The molecule has 1 rings (SSSR count). The van der Waals surface area contributed by atoms with E-state index in [0.717, 1.165) is 12.7 Å². The molecule has 0 amide bonds. The van der Waals surface area contributed by atoms with E-state index in [9.17, 15) is 9.59 Å². The van der Waals surface area contributed by atoms with Gasteiger partial charge in [-0.25, -0.2) is 0 Å². The van der Waals surface area contributed by atoms with Crippen LogP contribution in [0.15, 0.2) is 42.1 Å². The van der Waals surface area contributed by atoms with E-state index >= 15 is 0 Å². The van der Waals surface area contributed by atoms with Crippen molar-refractivity contribution in [2.45, 2.75) is 20.3 Å². The molecule has 3 nitrogen and oxygen atoms in total. The number of hydrogen-bond acceptors (Lipinski definition) is 3. The molecule has 0 spiro atoms. The summed E-state index contributed by atoms with van der Waals surface area (Å²) in [5.41, 5.74) is 1.19. The number of rotatable bonds is 7. The highest BCUT2D eigenvalue weighted by Gasteiger charge is 2.12. The van der Waals surface area contributed by atoms with E-state index in [2.05, 4.69) is 5.32 Å². The molecule has 1 aromatic rings. The van der Waals surface area contributed by atoms with Crippen molar-refractivity contribution < 1.29 is 9.59 Å². The van der Waals surface area contributed by atoms with Crippen LogP contribution < -0.4 is 5.32 Å². The molecule has 0 radical (unpaired) electrons. The van der Waals surface area contributed by atoms with Crippen molar-refractivity contribution in [3.8, 4) is 0 Å². The zero-order valence-electron chi connectivity index (χ0n) is 10.8. The molecule has 1 atom stereocenters. The smallest absolute Gasteiger partial charge is 0.208 e. The van der Waals surface area contributed by atoms with Gasteiger partial charge in [-0.15, -0.1) is 0 Å². The highest BCUT2D eigenvalue weighted by molar-refractivity contribution is 6.08. The lowest BCUT2D eigenvalue weighted by molar-refractivity contribution is -0.111. The van der Waals surface area contributed by atoms with Crippen LogP contribution in [0.1, 0.15) is 30.6 Å². The van der Waals surface area contributed by atoms with Crippen molar-refractivity contribution in [1.82, 2.24) is 5.32 Å². The van der Waals surface area contributed by atoms with Crippen LogP contribution >= 0.6 is 0 Å². The molecule has 0 saturated heterocycles. The average molecular weight is 245 g/mol. The van der Waals surface area contributed by atoms with Gasteiger partial charge in [-0.1, -0.05) is 43.3 Å². The maximum absolute atomic E-state index is 12.1.